The molecule has 1 heterocycles. The topological polar surface area (TPSA) is 30.0 Å². The highest BCUT2D eigenvalue weighted by atomic mass is 16.1. The van der Waals surface area contributed by atoms with Gasteiger partial charge in [0.05, 0.1) is 5.39 Å². The quantitative estimate of drug-likeness (QED) is 0.487. The van der Waals surface area contributed by atoms with Crippen LogP contribution in [0.5, 0.6) is 0 Å². The number of pyridine rings is 1. The number of hydrogen-bond donors (Lipinski definition) is 0. The molecule has 0 bridgehead atoms. The van der Waals surface area contributed by atoms with Crippen LogP contribution in [0.25, 0.3) is 10.9 Å². The summed E-state index contributed by atoms with van der Waals surface area (Å²) in [5.74, 6) is 0. The molecule has 0 unspecified atom stereocenters. The van der Waals surface area contributed by atoms with E-state index in [4.69, 9.17) is 0 Å². The second-order valence-electron chi connectivity index (χ2n) is 1.73. The average Bonchev–Trinajstić information content (AvgIpc) is 2.46. The van der Waals surface area contributed by atoms with Gasteiger partial charge < -0.3 is 0 Å². The van der Waals surface area contributed by atoms with Gasteiger partial charge in [0, 0.05) is 6.20 Å². The molecule has 0 aliphatic rings. The van der Waals surface area contributed by atoms with Gasteiger partial charge in [0.1, 0.15) is 5.52 Å². The molecule has 8 heavy (non-hydrogen) atoms. The summed E-state index contributed by atoms with van der Waals surface area (Å²) in [6, 6.07) is 3.55. The summed E-state index contributed by atoms with van der Waals surface area (Å²) in [6.45, 7) is 0. The third-order valence-corrected chi connectivity index (χ3v) is 1.20. The van der Waals surface area contributed by atoms with Crippen LogP contribution in [0, 0.1) is 0 Å². The van der Waals surface area contributed by atoms with Gasteiger partial charge in [-0.3, -0.25) is 9.78 Å². The number of hydrogen-bond acceptors (Lipinski definition) is 2. The predicted octanol–water partition coefficient (Wildman–Crippen LogP) is 0.471. The van der Waals surface area contributed by atoms with Gasteiger partial charge in [-0.05, 0) is 12.1 Å². The molecule has 0 saturated carbocycles. The summed E-state index contributed by atoms with van der Waals surface area (Å²) < 4.78 is 0. The van der Waals surface area contributed by atoms with Crippen LogP contribution in [0.2, 0.25) is 0 Å². The molecule has 0 spiro atoms. The van der Waals surface area contributed by atoms with Crippen LogP contribution in [0.15, 0.2) is 23.1 Å². The van der Waals surface area contributed by atoms with Crippen LogP contribution in [0.4, 0.5) is 0 Å². The van der Waals surface area contributed by atoms with Crippen molar-refractivity contribution in [3.05, 3.63) is 28.6 Å². The Morgan fingerprint density at radius 3 is 2.88 bits per heavy atom. The van der Waals surface area contributed by atoms with Crippen LogP contribution >= 0.6 is 0 Å². The van der Waals surface area contributed by atoms with E-state index in [0.717, 1.165) is 5.39 Å². The third kappa shape index (κ3) is 0.281. The molecule has 0 fully saturated rings. The lowest BCUT2D eigenvalue weighted by molar-refractivity contribution is 1.45. The van der Waals surface area contributed by atoms with E-state index >= 15 is 0 Å². The average molecular weight is 105 g/mol. The minimum absolute atomic E-state index is 0.106. The maximum Gasteiger partial charge on any atom is 0.214 e. The lowest BCUT2D eigenvalue weighted by atomic mass is 10.5. The maximum absolute atomic E-state index is 10.5. The highest BCUT2D eigenvalue weighted by Crippen LogP contribution is 2.07. The van der Waals surface area contributed by atoms with Gasteiger partial charge in [-0.25, -0.2) is 0 Å². The summed E-state index contributed by atoms with van der Waals surface area (Å²) in [6.07, 6.45) is 1.63. The lowest BCUT2D eigenvalue weighted by Gasteiger charge is -1.66. The van der Waals surface area contributed by atoms with Crippen molar-refractivity contribution >= 4 is 10.9 Å². The number of aromatic nitrogens is 1. The Bertz CT molecular complexity index is 299. The standard InChI is InChI=1S/C6H3NO/c8-6-4-2-1-3-7-5(4)6/h1-3H. The van der Waals surface area contributed by atoms with Gasteiger partial charge in [-0.2, -0.15) is 0 Å². The first kappa shape index (κ1) is 3.78. The smallest absolute Gasteiger partial charge is 0.214 e. The Morgan fingerprint density at radius 1 is 1.50 bits per heavy atom. The zero-order valence-electron chi connectivity index (χ0n) is 4.09. The van der Waals surface area contributed by atoms with Crippen molar-refractivity contribution in [2.24, 2.45) is 0 Å². The summed E-state index contributed by atoms with van der Waals surface area (Å²) in [4.78, 5) is 14.3. The molecule has 0 aliphatic carbocycles. The SMILES string of the molecule is O=c1c2cccnc12. The second kappa shape index (κ2) is 0.968. The van der Waals surface area contributed by atoms with E-state index in [2.05, 4.69) is 4.98 Å². The van der Waals surface area contributed by atoms with E-state index < -0.39 is 0 Å². The van der Waals surface area contributed by atoms with Crippen molar-refractivity contribution in [2.45, 2.75) is 0 Å². The van der Waals surface area contributed by atoms with Gasteiger partial charge in [0.2, 0.25) is 5.43 Å². The molecule has 0 radical (unpaired) electrons. The van der Waals surface area contributed by atoms with Crippen LogP contribution in [0.3, 0.4) is 0 Å². The van der Waals surface area contributed by atoms with Gasteiger partial charge in [0.15, 0.2) is 0 Å². The first-order chi connectivity index (χ1) is 3.89. The molecule has 0 atom stereocenters. The van der Waals surface area contributed by atoms with Gasteiger partial charge in [-0.1, -0.05) is 0 Å². The summed E-state index contributed by atoms with van der Waals surface area (Å²) >= 11 is 0. The Balaban J connectivity index is 3.03. The van der Waals surface area contributed by atoms with E-state index in [9.17, 15) is 4.79 Å². The Morgan fingerprint density at radius 2 is 2.38 bits per heavy atom. The monoisotopic (exact) mass is 105 g/mol. The summed E-state index contributed by atoms with van der Waals surface area (Å²) in [5.41, 5.74) is 0.752. The van der Waals surface area contributed by atoms with E-state index in [0.29, 0.717) is 5.52 Å². The molecule has 1 aromatic heterocycles. The maximum atomic E-state index is 10.5. The highest BCUT2D eigenvalue weighted by Gasteiger charge is 2.10. The first-order valence-corrected chi connectivity index (χ1v) is 2.39. The Kier molecular flexibility index (Phi) is 0.457. The predicted molar refractivity (Wildman–Crippen MR) is 30.4 cm³/mol. The van der Waals surface area contributed by atoms with Crippen LogP contribution < -0.4 is 5.43 Å². The van der Waals surface area contributed by atoms with E-state index in [1.165, 1.54) is 0 Å². The fourth-order valence-electron chi connectivity index (χ4n) is 0.714. The Labute approximate surface area is 45.5 Å². The summed E-state index contributed by atoms with van der Waals surface area (Å²) in [5, 5.41) is 0.785. The fraction of sp³-hybridized carbons (Fsp3) is 0. The van der Waals surface area contributed by atoms with Crippen LogP contribution in [-0.4, -0.2) is 4.98 Å². The first-order valence-electron chi connectivity index (χ1n) is 2.39. The van der Waals surface area contributed by atoms with Crippen molar-refractivity contribution in [2.75, 3.05) is 0 Å². The summed E-state index contributed by atoms with van der Waals surface area (Å²) in [7, 11) is 0. The molecule has 0 aliphatic heterocycles. The van der Waals surface area contributed by atoms with Crippen molar-refractivity contribution in [3.63, 3.8) is 0 Å². The molecule has 0 saturated heterocycles. The van der Waals surface area contributed by atoms with Crippen molar-refractivity contribution < 1.29 is 0 Å². The lowest BCUT2D eigenvalue weighted by Crippen LogP contribution is -1.68. The minimum atomic E-state index is 0.106. The molecule has 2 rings (SSSR count). The second-order valence-corrected chi connectivity index (χ2v) is 1.73. The van der Waals surface area contributed by atoms with Crippen molar-refractivity contribution in [1.82, 2.24) is 4.98 Å². The van der Waals surface area contributed by atoms with Gasteiger partial charge >= 0.3 is 0 Å². The normalized spacial score (nSPS) is 11.0. The van der Waals surface area contributed by atoms with E-state index in [1.54, 1.807) is 18.3 Å². The molecule has 2 aromatic rings. The van der Waals surface area contributed by atoms with E-state index in [1.807, 2.05) is 0 Å². The molecule has 0 amide bonds. The number of rotatable bonds is 0. The zero-order chi connectivity index (χ0) is 5.56. The Hall–Kier alpha value is -1.18. The molecule has 38 valence electrons. The van der Waals surface area contributed by atoms with Crippen LogP contribution in [-0.2, 0) is 0 Å². The van der Waals surface area contributed by atoms with Crippen LogP contribution in [0.1, 0.15) is 0 Å². The highest BCUT2D eigenvalue weighted by molar-refractivity contribution is 5.93. The molecule has 0 N–H and O–H groups in total. The molecule has 2 nitrogen and oxygen atoms in total. The molecule has 2 heteroatoms. The van der Waals surface area contributed by atoms with Crippen molar-refractivity contribution in [3.8, 4) is 0 Å². The minimum Gasteiger partial charge on any atom is -0.287 e. The van der Waals surface area contributed by atoms with Gasteiger partial charge in [0.25, 0.3) is 0 Å². The van der Waals surface area contributed by atoms with Gasteiger partial charge in [-0.15, -0.1) is 0 Å². The molecule has 1 aromatic carbocycles. The largest absolute Gasteiger partial charge is 0.287 e. The third-order valence-electron chi connectivity index (χ3n) is 1.20. The fourth-order valence-corrected chi connectivity index (χ4v) is 0.714. The molecular formula is C6H3NO. The zero-order valence-corrected chi connectivity index (χ0v) is 4.09. The van der Waals surface area contributed by atoms with Crippen molar-refractivity contribution in [1.29, 1.82) is 0 Å². The van der Waals surface area contributed by atoms with E-state index in [-0.39, 0.29) is 5.43 Å². The number of nitrogens with zero attached hydrogens (tertiary/aromatic N) is 1. The number of fused-ring (bicyclic) bond motifs is 1. The molecular weight excluding hydrogens is 102 g/mol.